The summed E-state index contributed by atoms with van der Waals surface area (Å²) in [6.45, 7) is 9.07. The maximum Gasteiger partial charge on any atom is 0.306 e. The van der Waals surface area contributed by atoms with Crippen molar-refractivity contribution in [2.75, 3.05) is 13.2 Å². The third kappa shape index (κ3) is 53.4. The van der Waals surface area contributed by atoms with Gasteiger partial charge in [0.05, 0.1) is 0 Å². The third-order valence-electron chi connectivity index (χ3n) is 13.8. The molecule has 0 aromatic rings. The first-order chi connectivity index (χ1) is 32.4. The molecule has 0 aliphatic carbocycles. The van der Waals surface area contributed by atoms with Crippen molar-refractivity contribution in [1.82, 2.24) is 0 Å². The van der Waals surface area contributed by atoms with Crippen molar-refractivity contribution in [3.05, 3.63) is 0 Å². The number of rotatable bonds is 55. The maximum absolute atomic E-state index is 12.9. The van der Waals surface area contributed by atoms with Gasteiger partial charge in [-0.1, -0.05) is 304 Å². The van der Waals surface area contributed by atoms with E-state index in [-0.39, 0.29) is 31.1 Å². The first-order valence-electron chi connectivity index (χ1n) is 29.9. The van der Waals surface area contributed by atoms with E-state index in [1.54, 1.807) is 0 Å². The van der Waals surface area contributed by atoms with Gasteiger partial charge < -0.3 is 14.2 Å². The van der Waals surface area contributed by atoms with E-state index in [0.717, 1.165) is 63.7 Å². The summed E-state index contributed by atoms with van der Waals surface area (Å²) in [5, 5.41) is 0. The number of hydrogen-bond donors (Lipinski definition) is 0. The zero-order valence-corrected chi connectivity index (χ0v) is 45.2. The van der Waals surface area contributed by atoms with Gasteiger partial charge in [-0.25, -0.2) is 0 Å². The van der Waals surface area contributed by atoms with Crippen LogP contribution in [0.1, 0.15) is 342 Å². The van der Waals surface area contributed by atoms with E-state index in [0.29, 0.717) is 19.3 Å². The van der Waals surface area contributed by atoms with Crippen LogP contribution in [0.2, 0.25) is 0 Å². The van der Waals surface area contributed by atoms with Gasteiger partial charge in [0.2, 0.25) is 0 Å². The monoisotopic (exact) mass is 933 g/mol. The topological polar surface area (TPSA) is 78.9 Å². The largest absolute Gasteiger partial charge is 0.462 e. The lowest BCUT2D eigenvalue weighted by molar-refractivity contribution is -0.167. The van der Waals surface area contributed by atoms with E-state index in [9.17, 15) is 14.4 Å². The van der Waals surface area contributed by atoms with Crippen LogP contribution in [-0.2, 0) is 28.6 Å². The Morgan fingerprint density at radius 3 is 0.742 bits per heavy atom. The van der Waals surface area contributed by atoms with Gasteiger partial charge in [-0.15, -0.1) is 0 Å². The van der Waals surface area contributed by atoms with Gasteiger partial charge in [0, 0.05) is 19.3 Å². The van der Waals surface area contributed by atoms with Crippen LogP contribution >= 0.6 is 0 Å². The molecule has 0 unspecified atom stereocenters. The van der Waals surface area contributed by atoms with Gasteiger partial charge in [-0.2, -0.15) is 0 Å². The molecule has 6 heteroatoms. The molecular weight excluding hydrogens is 817 g/mol. The van der Waals surface area contributed by atoms with Crippen molar-refractivity contribution in [3.8, 4) is 0 Å². The summed E-state index contributed by atoms with van der Waals surface area (Å²) in [4.78, 5) is 38.2. The van der Waals surface area contributed by atoms with Gasteiger partial charge in [0.1, 0.15) is 13.2 Å². The summed E-state index contributed by atoms with van der Waals surface area (Å²) >= 11 is 0. The Kier molecular flexibility index (Phi) is 53.0. The van der Waals surface area contributed by atoms with Crippen molar-refractivity contribution >= 4 is 17.9 Å². The normalized spacial score (nSPS) is 12.0. The van der Waals surface area contributed by atoms with E-state index in [2.05, 4.69) is 27.7 Å². The summed E-state index contributed by atoms with van der Waals surface area (Å²) in [5.74, 6) is 0.00484. The minimum absolute atomic E-state index is 0.0617. The fourth-order valence-corrected chi connectivity index (χ4v) is 9.28. The van der Waals surface area contributed by atoms with Gasteiger partial charge >= 0.3 is 17.9 Å². The molecule has 0 N–H and O–H groups in total. The second-order valence-corrected chi connectivity index (χ2v) is 21.1. The molecule has 0 saturated carbocycles. The number of hydrogen-bond acceptors (Lipinski definition) is 6. The van der Waals surface area contributed by atoms with Crippen molar-refractivity contribution in [2.24, 2.45) is 5.92 Å². The van der Waals surface area contributed by atoms with Crippen molar-refractivity contribution < 1.29 is 28.6 Å². The molecule has 0 radical (unpaired) electrons. The second kappa shape index (κ2) is 54.4. The number of unbranched alkanes of at least 4 members (excludes halogenated alkanes) is 42. The molecule has 0 saturated heterocycles. The standard InChI is InChI=1S/C60H116O6/c1-5-7-9-11-13-15-17-19-20-21-22-23-24-28-32-36-40-44-48-52-59(62)65-55-57(54-64-58(61)51-47-43-39-35-31-26-18-16-14-12-10-8-6-2)66-60(63)53-49-45-41-37-33-29-25-27-30-34-38-42-46-50-56(3)4/h56-57H,5-55H2,1-4H3/t57-/m1/s1. The minimum atomic E-state index is -0.762. The fraction of sp³-hybridized carbons (Fsp3) is 0.950. The van der Waals surface area contributed by atoms with Crippen LogP contribution in [0.3, 0.4) is 0 Å². The van der Waals surface area contributed by atoms with Gasteiger partial charge in [0.25, 0.3) is 0 Å². The molecule has 0 aliphatic rings. The van der Waals surface area contributed by atoms with Crippen LogP contribution in [0.4, 0.5) is 0 Å². The van der Waals surface area contributed by atoms with Crippen LogP contribution in [0.15, 0.2) is 0 Å². The molecule has 0 rings (SSSR count). The molecule has 0 aliphatic heterocycles. The highest BCUT2D eigenvalue weighted by atomic mass is 16.6. The molecule has 392 valence electrons. The maximum atomic E-state index is 12.9. The number of ether oxygens (including phenoxy) is 3. The number of esters is 3. The number of carbonyl (C=O) groups excluding carboxylic acids is 3. The van der Waals surface area contributed by atoms with E-state index < -0.39 is 6.10 Å². The summed E-state index contributed by atoms with van der Waals surface area (Å²) in [6.07, 6.45) is 59.5. The molecule has 0 amide bonds. The zero-order chi connectivity index (χ0) is 48.1. The molecule has 0 aromatic carbocycles. The summed E-state index contributed by atoms with van der Waals surface area (Å²) in [5.41, 5.74) is 0. The molecule has 66 heavy (non-hydrogen) atoms. The molecule has 0 fully saturated rings. The Morgan fingerprint density at radius 2 is 0.500 bits per heavy atom. The van der Waals surface area contributed by atoms with E-state index in [1.165, 1.54) is 238 Å². The van der Waals surface area contributed by atoms with Crippen molar-refractivity contribution in [1.29, 1.82) is 0 Å². The molecular formula is C60H116O6. The molecule has 0 spiro atoms. The van der Waals surface area contributed by atoms with E-state index in [4.69, 9.17) is 14.2 Å². The quantitative estimate of drug-likeness (QED) is 0.0343. The van der Waals surface area contributed by atoms with Crippen LogP contribution in [0.5, 0.6) is 0 Å². The first kappa shape index (κ1) is 64.4. The predicted molar refractivity (Wildman–Crippen MR) is 284 cm³/mol. The van der Waals surface area contributed by atoms with Crippen LogP contribution in [-0.4, -0.2) is 37.2 Å². The Labute approximate surface area is 412 Å². The number of carbonyl (C=O) groups is 3. The highest BCUT2D eigenvalue weighted by Gasteiger charge is 2.19. The average molecular weight is 934 g/mol. The second-order valence-electron chi connectivity index (χ2n) is 21.1. The fourth-order valence-electron chi connectivity index (χ4n) is 9.28. The lowest BCUT2D eigenvalue weighted by atomic mass is 10.0. The molecule has 0 heterocycles. The summed E-state index contributed by atoms with van der Waals surface area (Å²) in [6, 6.07) is 0. The lowest BCUT2D eigenvalue weighted by Gasteiger charge is -2.18. The smallest absolute Gasteiger partial charge is 0.306 e. The van der Waals surface area contributed by atoms with Gasteiger partial charge in [-0.3, -0.25) is 14.4 Å². The Bertz CT molecular complexity index is 996. The molecule has 6 nitrogen and oxygen atoms in total. The Balaban J connectivity index is 4.27. The van der Waals surface area contributed by atoms with Crippen LogP contribution in [0.25, 0.3) is 0 Å². The SMILES string of the molecule is CCCCCCCCCCCCCCCCCCCCCC(=O)OC[C@@H](COC(=O)CCCCCCCCCCCCCCC)OC(=O)CCCCCCCCCCCCCCCC(C)C. The van der Waals surface area contributed by atoms with Gasteiger partial charge in [-0.05, 0) is 25.2 Å². The Hall–Kier alpha value is -1.59. The van der Waals surface area contributed by atoms with Crippen molar-refractivity contribution in [3.63, 3.8) is 0 Å². The average Bonchev–Trinajstić information content (AvgIpc) is 3.30. The summed E-state index contributed by atoms with van der Waals surface area (Å²) < 4.78 is 16.9. The first-order valence-corrected chi connectivity index (χ1v) is 29.9. The summed E-state index contributed by atoms with van der Waals surface area (Å²) in [7, 11) is 0. The van der Waals surface area contributed by atoms with E-state index in [1.807, 2.05) is 0 Å². The van der Waals surface area contributed by atoms with Crippen molar-refractivity contribution in [2.45, 2.75) is 348 Å². The van der Waals surface area contributed by atoms with Crippen LogP contribution < -0.4 is 0 Å². The predicted octanol–water partition coefficient (Wildman–Crippen LogP) is 19.8. The molecule has 0 aromatic heterocycles. The Morgan fingerprint density at radius 1 is 0.288 bits per heavy atom. The lowest BCUT2D eigenvalue weighted by Crippen LogP contribution is -2.30. The highest BCUT2D eigenvalue weighted by molar-refractivity contribution is 5.71. The highest BCUT2D eigenvalue weighted by Crippen LogP contribution is 2.18. The molecule has 0 bridgehead atoms. The minimum Gasteiger partial charge on any atom is -0.462 e. The molecule has 1 atom stereocenters. The van der Waals surface area contributed by atoms with Crippen LogP contribution in [0, 0.1) is 5.92 Å². The third-order valence-corrected chi connectivity index (χ3v) is 13.8. The van der Waals surface area contributed by atoms with E-state index >= 15 is 0 Å². The van der Waals surface area contributed by atoms with Gasteiger partial charge in [0.15, 0.2) is 6.10 Å². The zero-order valence-electron chi connectivity index (χ0n) is 45.2.